The average Bonchev–Trinajstić information content (AvgIpc) is 2.86. The Morgan fingerprint density at radius 3 is 2.90 bits per heavy atom. The summed E-state index contributed by atoms with van der Waals surface area (Å²) >= 11 is 5.83. The molecule has 20 heavy (non-hydrogen) atoms. The molecule has 0 radical (unpaired) electrons. The maximum atomic E-state index is 13.7. The number of fused-ring (bicyclic) bond motifs is 1. The van der Waals surface area contributed by atoms with E-state index in [1.54, 1.807) is 0 Å². The highest BCUT2D eigenvalue weighted by Gasteiger charge is 2.49. The third-order valence-corrected chi connectivity index (χ3v) is 2.94. The summed E-state index contributed by atoms with van der Waals surface area (Å²) in [5.41, 5.74) is -0.266. The predicted octanol–water partition coefficient (Wildman–Crippen LogP) is 2.30. The number of alkyl halides is 2. The maximum Gasteiger partial charge on any atom is 0.380 e. The maximum absolute atomic E-state index is 13.7. The van der Waals surface area contributed by atoms with Crippen LogP contribution in [0.4, 0.5) is 8.78 Å². The van der Waals surface area contributed by atoms with Crippen LogP contribution in [0.5, 0.6) is 11.5 Å². The number of esters is 1. The number of carbonyl (C=O) groups is 1. The third-order valence-electron chi connectivity index (χ3n) is 2.66. The lowest BCUT2D eigenvalue weighted by Gasteiger charge is -2.21. The van der Waals surface area contributed by atoms with Crippen molar-refractivity contribution < 1.29 is 32.9 Å². The van der Waals surface area contributed by atoms with Gasteiger partial charge in [0, 0.05) is 0 Å². The molecule has 0 spiro atoms. The zero-order valence-electron chi connectivity index (χ0n) is 10.4. The second-order valence-corrected chi connectivity index (χ2v) is 4.39. The molecule has 0 aromatic heterocycles. The zero-order valence-corrected chi connectivity index (χ0v) is 11.1. The average molecular weight is 309 g/mol. The SMILES string of the molecule is CCOC(=O)C(F)(F)C(O)c1cc(Cl)c2c(c1)OCO2. The number of ether oxygens (including phenoxy) is 3. The van der Waals surface area contributed by atoms with Gasteiger partial charge in [0.1, 0.15) is 0 Å². The van der Waals surface area contributed by atoms with Gasteiger partial charge >= 0.3 is 11.9 Å². The second kappa shape index (κ2) is 5.41. The van der Waals surface area contributed by atoms with Crippen LogP contribution in [0, 0.1) is 0 Å². The van der Waals surface area contributed by atoms with Crippen LogP contribution in [-0.4, -0.2) is 30.4 Å². The van der Waals surface area contributed by atoms with Crippen LogP contribution in [0.15, 0.2) is 12.1 Å². The van der Waals surface area contributed by atoms with Crippen molar-refractivity contribution in [2.24, 2.45) is 0 Å². The Bertz CT molecular complexity index is 535. The molecule has 110 valence electrons. The van der Waals surface area contributed by atoms with Gasteiger partial charge in [-0.3, -0.25) is 0 Å². The number of rotatable bonds is 4. The molecule has 0 fully saturated rings. The van der Waals surface area contributed by atoms with Gasteiger partial charge in [0.25, 0.3) is 0 Å². The van der Waals surface area contributed by atoms with Gasteiger partial charge in [0.2, 0.25) is 6.79 Å². The number of aliphatic hydroxyl groups excluding tert-OH is 1. The third kappa shape index (κ3) is 2.51. The predicted molar refractivity (Wildman–Crippen MR) is 64.1 cm³/mol. The van der Waals surface area contributed by atoms with E-state index >= 15 is 0 Å². The fourth-order valence-corrected chi connectivity index (χ4v) is 1.97. The van der Waals surface area contributed by atoms with Gasteiger partial charge in [-0.05, 0) is 24.6 Å². The van der Waals surface area contributed by atoms with Crippen LogP contribution in [0.1, 0.15) is 18.6 Å². The minimum Gasteiger partial charge on any atom is -0.461 e. The van der Waals surface area contributed by atoms with Crippen molar-refractivity contribution >= 4 is 17.6 Å². The van der Waals surface area contributed by atoms with E-state index < -0.39 is 18.0 Å². The molecule has 1 aromatic carbocycles. The molecule has 1 aliphatic rings. The van der Waals surface area contributed by atoms with Gasteiger partial charge < -0.3 is 19.3 Å². The molecule has 5 nitrogen and oxygen atoms in total. The number of hydrogen-bond donors (Lipinski definition) is 1. The second-order valence-electron chi connectivity index (χ2n) is 3.98. The fourth-order valence-electron chi connectivity index (χ4n) is 1.69. The van der Waals surface area contributed by atoms with Crippen molar-refractivity contribution in [2.45, 2.75) is 19.0 Å². The van der Waals surface area contributed by atoms with Crippen molar-refractivity contribution in [1.82, 2.24) is 0 Å². The summed E-state index contributed by atoms with van der Waals surface area (Å²) < 4.78 is 41.7. The van der Waals surface area contributed by atoms with Crippen LogP contribution >= 0.6 is 11.6 Å². The molecule has 1 N–H and O–H groups in total. The number of halogens is 3. The Balaban J connectivity index is 2.31. The van der Waals surface area contributed by atoms with Crippen LogP contribution in [0.2, 0.25) is 5.02 Å². The van der Waals surface area contributed by atoms with Gasteiger partial charge in [-0.15, -0.1) is 0 Å². The van der Waals surface area contributed by atoms with E-state index in [0.29, 0.717) is 0 Å². The van der Waals surface area contributed by atoms with Gasteiger partial charge in [-0.1, -0.05) is 11.6 Å². The standard InChI is InChI=1S/C12H11ClF2O5/c1-2-18-11(17)12(14,15)10(16)6-3-7(13)9-8(4-6)19-5-20-9/h3-4,10,16H,2,5H2,1H3. The zero-order chi connectivity index (χ0) is 14.9. The van der Waals surface area contributed by atoms with Gasteiger partial charge in [-0.25, -0.2) is 4.79 Å². The Morgan fingerprint density at radius 1 is 1.55 bits per heavy atom. The summed E-state index contributed by atoms with van der Waals surface area (Å²) in [5.74, 6) is -5.55. The van der Waals surface area contributed by atoms with E-state index in [4.69, 9.17) is 21.1 Å². The molecule has 0 bridgehead atoms. The van der Waals surface area contributed by atoms with E-state index in [-0.39, 0.29) is 35.5 Å². The first-order chi connectivity index (χ1) is 9.37. The summed E-state index contributed by atoms with van der Waals surface area (Å²) in [7, 11) is 0. The van der Waals surface area contributed by atoms with Crippen LogP contribution in [0.25, 0.3) is 0 Å². The minimum absolute atomic E-state index is 0.00806. The summed E-state index contributed by atoms with van der Waals surface area (Å²) in [6.45, 7) is 1.07. The largest absolute Gasteiger partial charge is 0.461 e. The van der Waals surface area contributed by atoms with Gasteiger partial charge in [0.05, 0.1) is 11.6 Å². The first kappa shape index (κ1) is 14.8. The molecule has 0 saturated heterocycles. The molecule has 0 saturated carbocycles. The lowest BCUT2D eigenvalue weighted by Crippen LogP contribution is -2.37. The Kier molecular flexibility index (Phi) is 4.01. The summed E-state index contributed by atoms with van der Waals surface area (Å²) in [6.07, 6.45) is -2.39. The first-order valence-corrected chi connectivity index (χ1v) is 6.07. The lowest BCUT2D eigenvalue weighted by molar-refractivity contribution is -0.189. The Labute approximate surface area is 118 Å². The molecule has 0 amide bonds. The quantitative estimate of drug-likeness (QED) is 0.865. The van der Waals surface area contributed by atoms with E-state index in [1.807, 2.05) is 0 Å². The molecular weight excluding hydrogens is 298 g/mol. The monoisotopic (exact) mass is 308 g/mol. The van der Waals surface area contributed by atoms with E-state index in [0.717, 1.165) is 12.1 Å². The summed E-state index contributed by atoms with van der Waals surface area (Å²) in [6, 6.07) is 2.24. The normalized spacial score (nSPS) is 15.1. The fraction of sp³-hybridized carbons (Fsp3) is 0.417. The highest BCUT2D eigenvalue weighted by molar-refractivity contribution is 6.32. The number of benzene rings is 1. The van der Waals surface area contributed by atoms with Crippen LogP contribution < -0.4 is 9.47 Å². The Morgan fingerprint density at radius 2 is 2.25 bits per heavy atom. The topological polar surface area (TPSA) is 65.0 Å². The van der Waals surface area contributed by atoms with Crippen molar-refractivity contribution in [3.05, 3.63) is 22.7 Å². The molecule has 1 aromatic rings. The van der Waals surface area contributed by atoms with E-state index in [2.05, 4.69) is 4.74 Å². The van der Waals surface area contributed by atoms with Crippen LogP contribution in [-0.2, 0) is 9.53 Å². The van der Waals surface area contributed by atoms with E-state index in [9.17, 15) is 18.7 Å². The summed E-state index contributed by atoms with van der Waals surface area (Å²) in [5, 5.41) is 9.70. The molecule has 8 heteroatoms. The van der Waals surface area contributed by atoms with E-state index in [1.165, 1.54) is 6.92 Å². The molecule has 0 aliphatic carbocycles. The molecule has 1 atom stereocenters. The lowest BCUT2D eigenvalue weighted by atomic mass is 10.0. The smallest absolute Gasteiger partial charge is 0.380 e. The Hall–Kier alpha value is -1.60. The number of aliphatic hydroxyl groups is 1. The van der Waals surface area contributed by atoms with Crippen molar-refractivity contribution in [3.63, 3.8) is 0 Å². The van der Waals surface area contributed by atoms with Crippen LogP contribution in [0.3, 0.4) is 0 Å². The molecule has 2 rings (SSSR count). The number of carbonyl (C=O) groups excluding carboxylic acids is 1. The highest BCUT2D eigenvalue weighted by atomic mass is 35.5. The number of hydrogen-bond acceptors (Lipinski definition) is 5. The molecule has 1 heterocycles. The molecular formula is C12H11ClF2O5. The summed E-state index contributed by atoms with van der Waals surface area (Å²) in [4.78, 5) is 11.2. The highest BCUT2D eigenvalue weighted by Crippen LogP contribution is 2.43. The van der Waals surface area contributed by atoms with Gasteiger partial charge in [-0.2, -0.15) is 8.78 Å². The first-order valence-electron chi connectivity index (χ1n) is 5.70. The molecule has 1 aliphatic heterocycles. The van der Waals surface area contributed by atoms with Gasteiger partial charge in [0.15, 0.2) is 17.6 Å². The van der Waals surface area contributed by atoms with Crippen molar-refractivity contribution in [2.75, 3.05) is 13.4 Å². The molecule has 1 unspecified atom stereocenters. The van der Waals surface area contributed by atoms with Crippen molar-refractivity contribution in [1.29, 1.82) is 0 Å². The van der Waals surface area contributed by atoms with Crippen molar-refractivity contribution in [3.8, 4) is 11.5 Å². The minimum atomic E-state index is -4.09.